The first-order valence-electron chi connectivity index (χ1n) is 4.74. The second-order valence-corrected chi connectivity index (χ2v) is 4.10. The van der Waals surface area contributed by atoms with Crippen molar-refractivity contribution < 1.29 is 9.47 Å². The summed E-state index contributed by atoms with van der Waals surface area (Å²) in [5.41, 5.74) is 0.820. The lowest BCUT2D eigenvalue weighted by atomic mass is 10.2. The van der Waals surface area contributed by atoms with Crippen LogP contribution in [0.5, 0.6) is 11.5 Å². The van der Waals surface area contributed by atoms with E-state index < -0.39 is 0 Å². The van der Waals surface area contributed by atoms with Crippen molar-refractivity contribution in [1.82, 2.24) is 10.2 Å². The van der Waals surface area contributed by atoms with Gasteiger partial charge in [-0.3, -0.25) is 0 Å². The predicted octanol–water partition coefficient (Wildman–Crippen LogP) is 2.09. The van der Waals surface area contributed by atoms with Gasteiger partial charge in [0.15, 0.2) is 0 Å². The zero-order valence-electron chi connectivity index (χ0n) is 9.30. The fraction of sp³-hybridized carbons (Fsp3) is 0.182. The molecule has 0 amide bonds. The molecule has 1 heterocycles. The van der Waals surface area contributed by atoms with E-state index in [2.05, 4.69) is 10.2 Å². The Morgan fingerprint density at radius 2 is 1.76 bits per heavy atom. The minimum atomic E-state index is 0.335. The van der Waals surface area contributed by atoms with E-state index in [-0.39, 0.29) is 0 Å². The third kappa shape index (κ3) is 2.34. The maximum absolute atomic E-state index is 8.71. The minimum Gasteiger partial charge on any atom is -0.497 e. The molecule has 86 valence electrons. The van der Waals surface area contributed by atoms with Crippen molar-refractivity contribution in [3.05, 3.63) is 23.2 Å². The van der Waals surface area contributed by atoms with Crippen LogP contribution in [-0.4, -0.2) is 24.4 Å². The summed E-state index contributed by atoms with van der Waals surface area (Å²) in [6.07, 6.45) is 0. The number of ether oxygens (including phenoxy) is 2. The van der Waals surface area contributed by atoms with Crippen LogP contribution >= 0.6 is 11.3 Å². The molecule has 6 heteroatoms. The minimum absolute atomic E-state index is 0.335. The lowest BCUT2D eigenvalue weighted by molar-refractivity contribution is 0.394. The van der Waals surface area contributed by atoms with Crippen molar-refractivity contribution in [2.45, 2.75) is 0 Å². The SMILES string of the molecule is COc1cc(OC)cc(-c2nnc(C#N)s2)c1. The summed E-state index contributed by atoms with van der Waals surface area (Å²) in [6, 6.07) is 7.38. The Labute approximate surface area is 102 Å². The van der Waals surface area contributed by atoms with Gasteiger partial charge in [0.05, 0.1) is 14.2 Å². The Balaban J connectivity index is 2.47. The average molecular weight is 247 g/mol. The van der Waals surface area contributed by atoms with E-state index in [0.29, 0.717) is 21.5 Å². The zero-order valence-corrected chi connectivity index (χ0v) is 10.1. The van der Waals surface area contributed by atoms with Crippen molar-refractivity contribution >= 4 is 11.3 Å². The highest BCUT2D eigenvalue weighted by molar-refractivity contribution is 7.15. The third-order valence-electron chi connectivity index (χ3n) is 2.12. The van der Waals surface area contributed by atoms with Gasteiger partial charge in [0.2, 0.25) is 5.01 Å². The number of hydrogen-bond acceptors (Lipinski definition) is 6. The summed E-state index contributed by atoms with van der Waals surface area (Å²) >= 11 is 1.23. The topological polar surface area (TPSA) is 68.0 Å². The van der Waals surface area contributed by atoms with Gasteiger partial charge in [-0.05, 0) is 12.1 Å². The van der Waals surface area contributed by atoms with Gasteiger partial charge in [-0.2, -0.15) is 5.26 Å². The Morgan fingerprint density at radius 3 is 2.24 bits per heavy atom. The van der Waals surface area contributed by atoms with E-state index >= 15 is 0 Å². The van der Waals surface area contributed by atoms with Gasteiger partial charge in [-0.1, -0.05) is 11.3 Å². The fourth-order valence-electron chi connectivity index (χ4n) is 1.32. The van der Waals surface area contributed by atoms with E-state index in [1.54, 1.807) is 20.3 Å². The van der Waals surface area contributed by atoms with E-state index in [9.17, 15) is 0 Å². The molecule has 0 aliphatic heterocycles. The van der Waals surface area contributed by atoms with Crippen LogP contribution in [0.25, 0.3) is 10.6 Å². The van der Waals surface area contributed by atoms with Gasteiger partial charge < -0.3 is 9.47 Å². The van der Waals surface area contributed by atoms with Crippen molar-refractivity contribution in [3.63, 3.8) is 0 Å². The van der Waals surface area contributed by atoms with Crippen molar-refractivity contribution in [1.29, 1.82) is 5.26 Å². The number of nitrogens with zero attached hydrogens (tertiary/aromatic N) is 3. The highest BCUT2D eigenvalue weighted by Crippen LogP contribution is 2.31. The lowest BCUT2D eigenvalue weighted by Crippen LogP contribution is -1.88. The normalized spacial score (nSPS) is 9.71. The van der Waals surface area contributed by atoms with E-state index in [0.717, 1.165) is 5.56 Å². The monoisotopic (exact) mass is 247 g/mol. The first kappa shape index (κ1) is 11.4. The zero-order chi connectivity index (χ0) is 12.3. The molecule has 2 aromatic rings. The van der Waals surface area contributed by atoms with Gasteiger partial charge >= 0.3 is 0 Å². The third-order valence-corrected chi connectivity index (χ3v) is 3.00. The molecule has 5 nitrogen and oxygen atoms in total. The van der Waals surface area contributed by atoms with Gasteiger partial charge in [-0.15, -0.1) is 10.2 Å². The van der Waals surface area contributed by atoms with Crippen LogP contribution in [0.1, 0.15) is 5.01 Å². The standard InChI is InChI=1S/C11H9N3O2S/c1-15-8-3-7(4-9(5-8)16-2)11-14-13-10(6-12)17-11/h3-5H,1-2H3. The number of rotatable bonds is 3. The second kappa shape index (κ2) is 4.80. The first-order chi connectivity index (χ1) is 8.26. The molecule has 0 unspecified atom stereocenters. The smallest absolute Gasteiger partial charge is 0.218 e. The number of aromatic nitrogens is 2. The number of hydrogen-bond donors (Lipinski definition) is 0. The predicted molar refractivity (Wildman–Crippen MR) is 63.2 cm³/mol. The summed E-state index contributed by atoms with van der Waals surface area (Å²) in [4.78, 5) is 0. The van der Waals surface area contributed by atoms with Crippen LogP contribution in [0.2, 0.25) is 0 Å². The summed E-state index contributed by atoms with van der Waals surface area (Å²) in [7, 11) is 3.17. The Morgan fingerprint density at radius 1 is 1.12 bits per heavy atom. The molecule has 0 radical (unpaired) electrons. The van der Waals surface area contributed by atoms with Crippen molar-refractivity contribution in [2.75, 3.05) is 14.2 Å². The number of methoxy groups -OCH3 is 2. The van der Waals surface area contributed by atoms with Crippen molar-refractivity contribution in [2.24, 2.45) is 0 Å². The molecule has 0 spiro atoms. The van der Waals surface area contributed by atoms with E-state index in [4.69, 9.17) is 14.7 Å². The van der Waals surface area contributed by atoms with Crippen LogP contribution in [-0.2, 0) is 0 Å². The van der Waals surface area contributed by atoms with Gasteiger partial charge in [0, 0.05) is 11.6 Å². The van der Waals surface area contributed by atoms with E-state index in [1.165, 1.54) is 11.3 Å². The van der Waals surface area contributed by atoms with Crippen molar-refractivity contribution in [3.8, 4) is 28.1 Å². The number of benzene rings is 1. The van der Waals surface area contributed by atoms with Gasteiger partial charge in [0.1, 0.15) is 22.6 Å². The summed E-state index contributed by atoms with van der Waals surface area (Å²) in [6.45, 7) is 0. The summed E-state index contributed by atoms with van der Waals surface area (Å²) < 4.78 is 10.3. The molecule has 0 bridgehead atoms. The molecule has 0 fully saturated rings. The maximum atomic E-state index is 8.71. The first-order valence-corrected chi connectivity index (χ1v) is 5.55. The molecule has 0 saturated heterocycles. The maximum Gasteiger partial charge on any atom is 0.218 e. The molecule has 2 rings (SSSR count). The Kier molecular flexibility index (Phi) is 3.21. The van der Waals surface area contributed by atoms with Crippen LogP contribution in [0.4, 0.5) is 0 Å². The highest BCUT2D eigenvalue weighted by atomic mass is 32.1. The summed E-state index contributed by atoms with van der Waals surface area (Å²) in [5, 5.41) is 17.4. The van der Waals surface area contributed by atoms with Crippen LogP contribution in [0, 0.1) is 11.3 Å². The Bertz CT molecular complexity index is 552. The molecule has 0 aliphatic rings. The number of nitriles is 1. The largest absolute Gasteiger partial charge is 0.497 e. The van der Waals surface area contributed by atoms with Crippen LogP contribution < -0.4 is 9.47 Å². The average Bonchev–Trinajstić information content (AvgIpc) is 2.86. The molecular formula is C11H9N3O2S. The molecule has 0 saturated carbocycles. The van der Waals surface area contributed by atoms with E-state index in [1.807, 2.05) is 18.2 Å². The molecule has 1 aromatic heterocycles. The van der Waals surface area contributed by atoms with Gasteiger partial charge in [0.25, 0.3) is 0 Å². The molecule has 17 heavy (non-hydrogen) atoms. The molecular weight excluding hydrogens is 238 g/mol. The highest BCUT2D eigenvalue weighted by Gasteiger charge is 2.09. The second-order valence-electron chi connectivity index (χ2n) is 3.13. The van der Waals surface area contributed by atoms with Crippen LogP contribution in [0.15, 0.2) is 18.2 Å². The van der Waals surface area contributed by atoms with Crippen LogP contribution in [0.3, 0.4) is 0 Å². The molecule has 0 atom stereocenters. The molecule has 1 aromatic carbocycles. The Hall–Kier alpha value is -2.13. The molecule has 0 aliphatic carbocycles. The van der Waals surface area contributed by atoms with Gasteiger partial charge in [-0.25, -0.2) is 0 Å². The lowest BCUT2D eigenvalue weighted by Gasteiger charge is -2.05. The quantitative estimate of drug-likeness (QED) is 0.830. The fourth-order valence-corrected chi connectivity index (χ4v) is 1.94. The molecule has 0 N–H and O–H groups in total. The summed E-state index contributed by atoms with van der Waals surface area (Å²) in [5.74, 6) is 1.35.